The zero-order valence-electron chi connectivity index (χ0n) is 6.94. The second-order valence-electron chi connectivity index (χ2n) is 2.46. The minimum Gasteiger partial charge on any atom is -0.381 e. The summed E-state index contributed by atoms with van der Waals surface area (Å²) in [6.07, 6.45) is 4.63. The molecule has 0 aliphatic heterocycles. The smallest absolute Gasteiger partial charge is 0.0466 e. The van der Waals surface area contributed by atoms with Crippen molar-refractivity contribution in [3.63, 3.8) is 0 Å². The summed E-state index contributed by atoms with van der Waals surface area (Å²) in [5.74, 6) is 0. The summed E-state index contributed by atoms with van der Waals surface area (Å²) in [5.41, 5.74) is 5.33. The van der Waals surface area contributed by atoms with Crippen LogP contribution in [0.25, 0.3) is 0 Å². The van der Waals surface area contributed by atoms with Crippen LogP contribution in [0.2, 0.25) is 0 Å². The Kier molecular flexibility index (Phi) is 8.85. The highest BCUT2D eigenvalue weighted by molar-refractivity contribution is 4.40. The van der Waals surface area contributed by atoms with E-state index in [4.69, 9.17) is 10.5 Å². The van der Waals surface area contributed by atoms with Gasteiger partial charge in [-0.25, -0.2) is 0 Å². The Labute approximate surface area is 63.7 Å². The van der Waals surface area contributed by atoms with Crippen LogP contribution in [0.15, 0.2) is 0 Å². The number of hydrogen-bond donors (Lipinski definition) is 1. The Balaban J connectivity index is 2.65. The third-order valence-corrected chi connectivity index (χ3v) is 1.34. The van der Waals surface area contributed by atoms with E-state index in [1.54, 1.807) is 0 Å². The molecular weight excluding hydrogens is 126 g/mol. The largest absolute Gasteiger partial charge is 0.381 e. The molecule has 0 saturated carbocycles. The predicted octanol–water partition coefficient (Wildman–Crippen LogP) is 1.54. The van der Waals surface area contributed by atoms with Gasteiger partial charge in [-0.05, 0) is 32.2 Å². The lowest BCUT2D eigenvalue weighted by atomic mass is 10.2. The maximum Gasteiger partial charge on any atom is 0.0466 e. The highest BCUT2D eigenvalue weighted by Crippen LogP contribution is 1.93. The van der Waals surface area contributed by atoms with Crippen molar-refractivity contribution in [2.24, 2.45) is 5.73 Å². The monoisotopic (exact) mass is 145 g/mol. The minimum absolute atomic E-state index is 0.813. The molecule has 0 amide bonds. The molecule has 0 rings (SSSR count). The molecule has 0 atom stereocenters. The molecule has 0 spiro atoms. The Morgan fingerprint density at radius 1 is 1.10 bits per heavy atom. The van der Waals surface area contributed by atoms with Gasteiger partial charge in [-0.2, -0.15) is 0 Å². The molecule has 0 aliphatic rings. The summed E-state index contributed by atoms with van der Waals surface area (Å²) in [7, 11) is 0. The molecule has 0 bridgehead atoms. The van der Waals surface area contributed by atoms with Crippen LogP contribution in [0.5, 0.6) is 0 Å². The average Bonchev–Trinajstić information content (AvgIpc) is 1.97. The van der Waals surface area contributed by atoms with Gasteiger partial charge in [0.2, 0.25) is 0 Å². The van der Waals surface area contributed by atoms with E-state index in [9.17, 15) is 0 Å². The first kappa shape index (κ1) is 9.92. The van der Waals surface area contributed by atoms with Crippen molar-refractivity contribution < 1.29 is 4.74 Å². The molecule has 0 saturated heterocycles. The number of nitrogens with two attached hydrogens (primary N) is 1. The van der Waals surface area contributed by atoms with E-state index in [0.717, 1.165) is 39.0 Å². The standard InChI is InChI=1S/C8H19NO/c1-2-7-10-8-5-3-4-6-9/h2-9H2,1H3. The van der Waals surface area contributed by atoms with Crippen molar-refractivity contribution in [1.82, 2.24) is 0 Å². The zero-order chi connectivity index (χ0) is 7.66. The summed E-state index contributed by atoms with van der Waals surface area (Å²) >= 11 is 0. The molecule has 0 fully saturated rings. The van der Waals surface area contributed by atoms with Crippen LogP contribution in [0.4, 0.5) is 0 Å². The van der Waals surface area contributed by atoms with Gasteiger partial charge in [0.25, 0.3) is 0 Å². The second-order valence-corrected chi connectivity index (χ2v) is 2.46. The number of unbranched alkanes of at least 4 members (excludes halogenated alkanes) is 2. The summed E-state index contributed by atoms with van der Waals surface area (Å²) in [4.78, 5) is 0. The van der Waals surface area contributed by atoms with E-state index >= 15 is 0 Å². The average molecular weight is 145 g/mol. The van der Waals surface area contributed by atoms with E-state index in [1.807, 2.05) is 0 Å². The number of ether oxygens (including phenoxy) is 1. The van der Waals surface area contributed by atoms with Gasteiger partial charge in [0.05, 0.1) is 0 Å². The van der Waals surface area contributed by atoms with E-state index in [2.05, 4.69) is 6.92 Å². The summed E-state index contributed by atoms with van der Waals surface area (Å²) < 4.78 is 5.29. The molecule has 0 aliphatic carbocycles. The fraction of sp³-hybridized carbons (Fsp3) is 1.00. The van der Waals surface area contributed by atoms with Crippen molar-refractivity contribution in [2.45, 2.75) is 32.6 Å². The molecule has 2 N–H and O–H groups in total. The van der Waals surface area contributed by atoms with Crippen molar-refractivity contribution in [3.05, 3.63) is 0 Å². The first-order valence-corrected chi connectivity index (χ1v) is 4.19. The molecule has 0 aromatic rings. The molecule has 2 nitrogen and oxygen atoms in total. The van der Waals surface area contributed by atoms with Crippen LogP contribution in [0.3, 0.4) is 0 Å². The van der Waals surface area contributed by atoms with Crippen LogP contribution in [-0.2, 0) is 4.74 Å². The molecule has 0 aromatic heterocycles. The van der Waals surface area contributed by atoms with Gasteiger partial charge in [-0.1, -0.05) is 6.92 Å². The van der Waals surface area contributed by atoms with Gasteiger partial charge >= 0.3 is 0 Å². The van der Waals surface area contributed by atoms with Crippen LogP contribution in [0.1, 0.15) is 32.6 Å². The minimum atomic E-state index is 0.813. The Morgan fingerprint density at radius 2 is 1.90 bits per heavy atom. The molecule has 62 valence electrons. The van der Waals surface area contributed by atoms with Crippen molar-refractivity contribution in [2.75, 3.05) is 19.8 Å². The summed E-state index contributed by atoms with van der Waals surface area (Å²) in [5, 5.41) is 0. The molecule has 0 heterocycles. The first-order valence-electron chi connectivity index (χ1n) is 4.19. The normalized spacial score (nSPS) is 10.2. The third kappa shape index (κ3) is 7.92. The second kappa shape index (κ2) is 8.92. The Hall–Kier alpha value is -0.0800. The highest BCUT2D eigenvalue weighted by Gasteiger charge is 1.86. The van der Waals surface area contributed by atoms with Gasteiger partial charge in [0, 0.05) is 13.2 Å². The number of rotatable bonds is 7. The molecule has 0 radical (unpaired) electrons. The lowest BCUT2D eigenvalue weighted by Gasteiger charge is -2.00. The predicted molar refractivity (Wildman–Crippen MR) is 44.0 cm³/mol. The van der Waals surface area contributed by atoms with Crippen molar-refractivity contribution >= 4 is 0 Å². The molecular formula is C8H19NO. The quantitative estimate of drug-likeness (QED) is 0.551. The van der Waals surface area contributed by atoms with Gasteiger partial charge in [-0.3, -0.25) is 0 Å². The SMILES string of the molecule is CCCOCCCCCN. The molecule has 0 aromatic carbocycles. The van der Waals surface area contributed by atoms with Gasteiger partial charge in [-0.15, -0.1) is 0 Å². The highest BCUT2D eigenvalue weighted by atomic mass is 16.5. The number of hydrogen-bond acceptors (Lipinski definition) is 2. The van der Waals surface area contributed by atoms with Gasteiger partial charge in [0.1, 0.15) is 0 Å². The fourth-order valence-corrected chi connectivity index (χ4v) is 0.772. The van der Waals surface area contributed by atoms with Gasteiger partial charge < -0.3 is 10.5 Å². The third-order valence-electron chi connectivity index (χ3n) is 1.34. The maximum absolute atomic E-state index is 5.33. The fourth-order valence-electron chi connectivity index (χ4n) is 0.772. The maximum atomic E-state index is 5.33. The summed E-state index contributed by atoms with van der Waals surface area (Å²) in [6, 6.07) is 0. The van der Waals surface area contributed by atoms with Crippen LogP contribution in [0, 0.1) is 0 Å². The van der Waals surface area contributed by atoms with E-state index < -0.39 is 0 Å². The Morgan fingerprint density at radius 3 is 2.50 bits per heavy atom. The zero-order valence-corrected chi connectivity index (χ0v) is 6.94. The van der Waals surface area contributed by atoms with Crippen LogP contribution >= 0.6 is 0 Å². The first-order chi connectivity index (χ1) is 4.91. The van der Waals surface area contributed by atoms with E-state index in [-0.39, 0.29) is 0 Å². The van der Waals surface area contributed by atoms with E-state index in [0.29, 0.717) is 0 Å². The van der Waals surface area contributed by atoms with Gasteiger partial charge in [0.15, 0.2) is 0 Å². The lowest BCUT2D eigenvalue weighted by Crippen LogP contribution is -2.00. The summed E-state index contributed by atoms with van der Waals surface area (Å²) in [6.45, 7) is 4.75. The van der Waals surface area contributed by atoms with Crippen LogP contribution in [-0.4, -0.2) is 19.8 Å². The lowest BCUT2D eigenvalue weighted by molar-refractivity contribution is 0.131. The molecule has 10 heavy (non-hydrogen) atoms. The Bertz CT molecular complexity index is 49.2. The van der Waals surface area contributed by atoms with Crippen LogP contribution < -0.4 is 5.73 Å². The molecule has 2 heteroatoms. The van der Waals surface area contributed by atoms with Crippen molar-refractivity contribution in [1.29, 1.82) is 0 Å². The van der Waals surface area contributed by atoms with Crippen molar-refractivity contribution in [3.8, 4) is 0 Å². The van der Waals surface area contributed by atoms with E-state index in [1.165, 1.54) is 6.42 Å². The molecule has 0 unspecified atom stereocenters. The topological polar surface area (TPSA) is 35.2 Å².